The molecule has 0 aromatic carbocycles. The van der Waals surface area contributed by atoms with E-state index in [2.05, 4.69) is 19.2 Å². The minimum Gasteiger partial charge on any atom is -0.449 e. The summed E-state index contributed by atoms with van der Waals surface area (Å²) < 4.78 is 5.19. The van der Waals surface area contributed by atoms with Crippen LogP contribution in [0.3, 0.4) is 0 Å². The highest BCUT2D eigenvalue weighted by Gasteiger charge is 2.38. The fraction of sp³-hybridized carbons (Fsp3) is 0.917. The molecule has 0 saturated heterocycles. The van der Waals surface area contributed by atoms with Crippen LogP contribution in [0.25, 0.3) is 0 Å². The second-order valence-corrected chi connectivity index (χ2v) is 5.61. The smallest absolute Gasteiger partial charge is 0.407 e. The van der Waals surface area contributed by atoms with Gasteiger partial charge in [0, 0.05) is 11.5 Å². The van der Waals surface area contributed by atoms with Crippen molar-refractivity contribution in [3.8, 4) is 0 Å². The molecule has 2 aliphatic rings. The third kappa shape index (κ3) is 3.73. The van der Waals surface area contributed by atoms with Gasteiger partial charge in [0.05, 0.1) is 6.61 Å². The first-order valence-electron chi connectivity index (χ1n) is 6.01. The maximum absolute atomic E-state index is 11.4. The zero-order valence-electron chi connectivity index (χ0n) is 9.71. The number of rotatable bonds is 5. The molecule has 0 radical (unpaired) electrons. The minimum absolute atomic E-state index is 0.240. The normalized spacial score (nSPS) is 24.4. The van der Waals surface area contributed by atoms with Crippen molar-refractivity contribution in [2.24, 2.45) is 11.3 Å². The van der Waals surface area contributed by atoms with Crippen LogP contribution >= 0.6 is 0 Å². The van der Waals surface area contributed by atoms with E-state index < -0.39 is 0 Å². The summed E-state index contributed by atoms with van der Waals surface area (Å²) in [7, 11) is 0. The van der Waals surface area contributed by atoms with Crippen molar-refractivity contribution in [3.63, 3.8) is 0 Å². The van der Waals surface area contributed by atoms with Crippen LogP contribution < -0.4 is 5.32 Å². The maximum atomic E-state index is 11.4. The fourth-order valence-corrected chi connectivity index (χ4v) is 1.75. The zero-order valence-corrected chi connectivity index (χ0v) is 9.71. The summed E-state index contributed by atoms with van der Waals surface area (Å²) in [6, 6.07) is 0.261. The van der Waals surface area contributed by atoms with E-state index in [0.717, 1.165) is 12.3 Å². The first-order chi connectivity index (χ1) is 7.07. The molecule has 1 amide bonds. The van der Waals surface area contributed by atoms with E-state index in [1.54, 1.807) is 0 Å². The van der Waals surface area contributed by atoms with Crippen LogP contribution in [0.2, 0.25) is 0 Å². The van der Waals surface area contributed by atoms with Crippen molar-refractivity contribution in [1.82, 2.24) is 5.32 Å². The average molecular weight is 211 g/mol. The van der Waals surface area contributed by atoms with Gasteiger partial charge in [0.15, 0.2) is 0 Å². The van der Waals surface area contributed by atoms with E-state index in [-0.39, 0.29) is 17.6 Å². The summed E-state index contributed by atoms with van der Waals surface area (Å²) in [4.78, 5) is 11.4. The quantitative estimate of drug-likeness (QED) is 0.759. The molecular formula is C12H21NO2. The third-order valence-electron chi connectivity index (χ3n) is 3.40. The molecule has 1 unspecified atom stereocenters. The lowest BCUT2D eigenvalue weighted by Crippen LogP contribution is -2.34. The molecule has 0 spiro atoms. The Balaban J connectivity index is 1.58. The molecule has 2 rings (SSSR count). The summed E-state index contributed by atoms with van der Waals surface area (Å²) in [6.45, 7) is 4.79. The maximum Gasteiger partial charge on any atom is 0.407 e. The van der Waals surface area contributed by atoms with Crippen LogP contribution in [-0.2, 0) is 4.74 Å². The van der Waals surface area contributed by atoms with Crippen LogP contribution in [0.1, 0.15) is 46.0 Å². The Morgan fingerprint density at radius 3 is 2.73 bits per heavy atom. The Labute approximate surface area is 91.6 Å². The number of alkyl carbamates (subject to hydrolysis) is 1. The van der Waals surface area contributed by atoms with Crippen molar-refractivity contribution < 1.29 is 9.53 Å². The Morgan fingerprint density at radius 1 is 1.53 bits per heavy atom. The molecule has 0 heterocycles. The van der Waals surface area contributed by atoms with Gasteiger partial charge < -0.3 is 10.1 Å². The van der Waals surface area contributed by atoms with E-state index >= 15 is 0 Å². The Morgan fingerprint density at radius 2 is 2.20 bits per heavy atom. The number of ether oxygens (including phenoxy) is 1. The average Bonchev–Trinajstić information content (AvgIpc) is 3.03. The Bertz CT molecular complexity index is 244. The Kier molecular flexibility index (Phi) is 2.89. The molecular weight excluding hydrogens is 190 g/mol. The summed E-state index contributed by atoms with van der Waals surface area (Å²) in [6.07, 6.45) is 5.91. The van der Waals surface area contributed by atoms with Gasteiger partial charge in [-0.05, 0) is 32.1 Å². The van der Waals surface area contributed by atoms with E-state index in [0.29, 0.717) is 6.61 Å². The van der Waals surface area contributed by atoms with Crippen LogP contribution in [0.5, 0.6) is 0 Å². The highest BCUT2D eigenvalue weighted by Crippen LogP contribution is 2.44. The molecule has 0 aliphatic heterocycles. The van der Waals surface area contributed by atoms with Crippen LogP contribution in [0.15, 0.2) is 0 Å². The van der Waals surface area contributed by atoms with Crippen molar-refractivity contribution >= 4 is 6.09 Å². The molecule has 3 nitrogen and oxygen atoms in total. The minimum atomic E-state index is -0.240. The van der Waals surface area contributed by atoms with Gasteiger partial charge in [0.25, 0.3) is 0 Å². The number of nitrogens with one attached hydrogen (secondary N) is 1. The van der Waals surface area contributed by atoms with E-state index in [1.807, 2.05) is 0 Å². The largest absolute Gasteiger partial charge is 0.449 e. The summed E-state index contributed by atoms with van der Waals surface area (Å²) >= 11 is 0. The molecule has 0 aromatic rings. The Hall–Kier alpha value is -0.730. The topological polar surface area (TPSA) is 38.3 Å². The highest BCUT2D eigenvalue weighted by molar-refractivity contribution is 5.67. The van der Waals surface area contributed by atoms with Gasteiger partial charge in [-0.2, -0.15) is 0 Å². The number of carbonyl (C=O) groups excluding carboxylic acids is 1. The third-order valence-corrected chi connectivity index (χ3v) is 3.40. The summed E-state index contributed by atoms with van der Waals surface area (Å²) in [5.74, 6) is 0.848. The molecule has 3 heteroatoms. The fourth-order valence-electron chi connectivity index (χ4n) is 1.75. The van der Waals surface area contributed by atoms with Gasteiger partial charge in [-0.25, -0.2) is 4.79 Å². The standard InChI is InChI=1S/C12H21NO2/c1-9(7-10-3-4-10)13-11(14)15-8-12(2)5-6-12/h9-10H,3-8H2,1-2H3,(H,13,14). The molecule has 2 aliphatic carbocycles. The van der Waals surface area contributed by atoms with Crippen molar-refractivity contribution in [2.75, 3.05) is 6.61 Å². The lowest BCUT2D eigenvalue weighted by molar-refractivity contribution is 0.121. The lowest BCUT2D eigenvalue weighted by atomic mass is 10.2. The summed E-state index contributed by atoms with van der Waals surface area (Å²) in [5, 5.41) is 2.89. The molecule has 0 aromatic heterocycles. The van der Waals surface area contributed by atoms with Gasteiger partial charge in [-0.15, -0.1) is 0 Å². The van der Waals surface area contributed by atoms with Crippen molar-refractivity contribution in [3.05, 3.63) is 0 Å². The zero-order chi connectivity index (χ0) is 10.9. The molecule has 86 valence electrons. The van der Waals surface area contributed by atoms with Gasteiger partial charge >= 0.3 is 6.09 Å². The van der Waals surface area contributed by atoms with Crippen LogP contribution in [0.4, 0.5) is 4.79 Å². The van der Waals surface area contributed by atoms with Crippen molar-refractivity contribution in [1.29, 1.82) is 0 Å². The molecule has 1 N–H and O–H groups in total. The predicted molar refractivity (Wildman–Crippen MR) is 58.6 cm³/mol. The molecule has 2 fully saturated rings. The monoisotopic (exact) mass is 211 g/mol. The first kappa shape index (κ1) is 10.8. The number of amides is 1. The van der Waals surface area contributed by atoms with E-state index in [1.165, 1.54) is 25.7 Å². The van der Waals surface area contributed by atoms with Gasteiger partial charge in [0.2, 0.25) is 0 Å². The second-order valence-electron chi connectivity index (χ2n) is 5.61. The lowest BCUT2D eigenvalue weighted by Gasteiger charge is -2.15. The number of carbonyl (C=O) groups is 1. The SMILES string of the molecule is CC(CC1CC1)NC(=O)OCC1(C)CC1. The van der Waals surface area contributed by atoms with E-state index in [4.69, 9.17) is 4.74 Å². The van der Waals surface area contributed by atoms with Gasteiger partial charge in [0.1, 0.15) is 0 Å². The number of hydrogen-bond acceptors (Lipinski definition) is 2. The van der Waals surface area contributed by atoms with Gasteiger partial charge in [-0.1, -0.05) is 19.8 Å². The first-order valence-corrected chi connectivity index (χ1v) is 6.01. The highest BCUT2D eigenvalue weighted by atomic mass is 16.5. The summed E-state index contributed by atoms with van der Waals surface area (Å²) in [5.41, 5.74) is 0.289. The van der Waals surface area contributed by atoms with Crippen LogP contribution in [-0.4, -0.2) is 18.7 Å². The van der Waals surface area contributed by atoms with E-state index in [9.17, 15) is 4.79 Å². The molecule has 2 saturated carbocycles. The van der Waals surface area contributed by atoms with Crippen molar-refractivity contribution in [2.45, 2.75) is 52.0 Å². The molecule has 15 heavy (non-hydrogen) atoms. The molecule has 0 bridgehead atoms. The predicted octanol–water partition coefficient (Wildman–Crippen LogP) is 2.70. The van der Waals surface area contributed by atoms with Crippen LogP contribution in [0, 0.1) is 11.3 Å². The van der Waals surface area contributed by atoms with Gasteiger partial charge in [-0.3, -0.25) is 0 Å². The second kappa shape index (κ2) is 4.03. The number of hydrogen-bond donors (Lipinski definition) is 1. The molecule has 1 atom stereocenters.